The molecule has 2 heterocycles. The van der Waals surface area contributed by atoms with Crippen molar-refractivity contribution in [1.29, 1.82) is 5.41 Å². The Bertz CT molecular complexity index is 1190. The van der Waals surface area contributed by atoms with Crippen LogP contribution in [0.1, 0.15) is 91.5 Å². The molecule has 0 spiro atoms. The standard InChI is InChI=1S/C31H49N5O8/c1-7-42-30(4,5)29(40)36-27(34-17-32)20-13-14-22(35-20)31(6)26(38)25(43-28(39)24(33)18(2)3)21(44-31)16-41-23(37)15-19-11-9-8-10-12-19/h13-14,17-19,21,24-26,35,38H,7-12,15-16,33H2,1-6H3,(H2,32,34,36,40)/t21-,24+,25-,26-,31+/m1/s1. The number of aliphatic imine (C=N–C) groups is 1. The van der Waals surface area contributed by atoms with Gasteiger partial charge in [0.05, 0.1) is 11.4 Å². The Balaban J connectivity index is 1.83. The zero-order valence-electron chi connectivity index (χ0n) is 26.7. The summed E-state index contributed by atoms with van der Waals surface area (Å²) in [5.41, 5.74) is 4.13. The van der Waals surface area contributed by atoms with Gasteiger partial charge in [-0.3, -0.25) is 19.8 Å². The van der Waals surface area contributed by atoms with Crippen molar-refractivity contribution in [1.82, 2.24) is 10.3 Å². The first-order valence-corrected chi connectivity index (χ1v) is 15.4. The average molecular weight is 620 g/mol. The van der Waals surface area contributed by atoms with Crippen LogP contribution in [0.4, 0.5) is 0 Å². The van der Waals surface area contributed by atoms with Crippen molar-refractivity contribution in [3.05, 3.63) is 23.5 Å². The van der Waals surface area contributed by atoms with Crippen LogP contribution < -0.4 is 11.1 Å². The summed E-state index contributed by atoms with van der Waals surface area (Å²) >= 11 is 0. The smallest absolute Gasteiger partial charge is 0.323 e. The van der Waals surface area contributed by atoms with Gasteiger partial charge in [0, 0.05) is 13.0 Å². The van der Waals surface area contributed by atoms with E-state index in [2.05, 4.69) is 15.3 Å². The number of nitrogens with two attached hydrogens (primary N) is 1. The van der Waals surface area contributed by atoms with Crippen molar-refractivity contribution in [2.75, 3.05) is 13.2 Å². The van der Waals surface area contributed by atoms with Gasteiger partial charge in [0.2, 0.25) is 0 Å². The Labute approximate surface area is 259 Å². The number of hydrogen-bond acceptors (Lipinski definition) is 10. The van der Waals surface area contributed by atoms with Crippen molar-refractivity contribution in [2.24, 2.45) is 22.6 Å². The third-order valence-electron chi connectivity index (χ3n) is 8.42. The van der Waals surface area contributed by atoms with E-state index in [9.17, 15) is 19.5 Å². The van der Waals surface area contributed by atoms with Crippen LogP contribution in [0.2, 0.25) is 0 Å². The van der Waals surface area contributed by atoms with E-state index >= 15 is 0 Å². The first-order valence-electron chi connectivity index (χ1n) is 15.4. The highest BCUT2D eigenvalue weighted by atomic mass is 16.6. The van der Waals surface area contributed by atoms with Crippen LogP contribution in [0.25, 0.3) is 0 Å². The molecule has 1 aromatic heterocycles. The van der Waals surface area contributed by atoms with Crippen molar-refractivity contribution >= 4 is 30.0 Å². The molecular formula is C31H49N5O8. The minimum Gasteiger partial charge on any atom is -0.463 e. The quantitative estimate of drug-likeness (QED) is 0.125. The summed E-state index contributed by atoms with van der Waals surface area (Å²) in [5, 5.41) is 21.7. The molecule has 3 rings (SSSR count). The molecule has 0 radical (unpaired) electrons. The fraction of sp³-hybridized carbons (Fsp3) is 0.710. The van der Waals surface area contributed by atoms with Crippen LogP contribution in [-0.4, -0.2) is 83.3 Å². The molecule has 1 saturated carbocycles. The number of amides is 1. The molecule has 13 nitrogen and oxygen atoms in total. The van der Waals surface area contributed by atoms with E-state index in [0.717, 1.165) is 32.0 Å². The second-order valence-corrected chi connectivity index (χ2v) is 12.6. The van der Waals surface area contributed by atoms with Gasteiger partial charge in [-0.1, -0.05) is 33.1 Å². The molecule has 1 amide bonds. The predicted octanol–water partition coefficient (Wildman–Crippen LogP) is 2.68. The van der Waals surface area contributed by atoms with Gasteiger partial charge in [0.1, 0.15) is 42.4 Å². The Morgan fingerprint density at radius 2 is 1.95 bits per heavy atom. The van der Waals surface area contributed by atoms with Crippen LogP contribution >= 0.6 is 0 Å². The number of aromatic amines is 1. The summed E-state index contributed by atoms with van der Waals surface area (Å²) in [5.74, 6) is -1.42. The minimum absolute atomic E-state index is 0.0548. The topological polar surface area (TPSA) is 198 Å². The molecule has 1 saturated heterocycles. The zero-order valence-corrected chi connectivity index (χ0v) is 26.7. The summed E-state index contributed by atoms with van der Waals surface area (Å²) in [4.78, 5) is 45.5. The lowest BCUT2D eigenvalue weighted by Gasteiger charge is -2.27. The number of aliphatic hydroxyl groups is 1. The highest BCUT2D eigenvalue weighted by Gasteiger charge is 2.56. The molecule has 6 N–H and O–H groups in total. The van der Waals surface area contributed by atoms with Crippen LogP contribution in [-0.2, 0) is 38.9 Å². The monoisotopic (exact) mass is 619 g/mol. The van der Waals surface area contributed by atoms with Crippen LogP contribution in [0.15, 0.2) is 17.1 Å². The number of carbonyl (C=O) groups is 3. The number of esters is 2. The van der Waals surface area contributed by atoms with Crippen molar-refractivity contribution in [3.8, 4) is 0 Å². The average Bonchev–Trinajstić information content (AvgIpc) is 3.56. The molecule has 13 heteroatoms. The Hall–Kier alpha value is -3.13. The Kier molecular flexibility index (Phi) is 12.2. The van der Waals surface area contributed by atoms with Gasteiger partial charge in [-0.15, -0.1) is 0 Å². The van der Waals surface area contributed by atoms with Crippen LogP contribution in [0.3, 0.4) is 0 Å². The SMILES string of the molecule is CCOC(C)(C)C(=O)N/C(=N/C=N)c1ccc([C@]2(C)O[C@H](COC(=O)CC3CCCCC3)[C@@H](OC(=O)[C@@H](N)C(C)C)[C@H]2O)[nH]1. The van der Waals surface area contributed by atoms with E-state index in [4.69, 9.17) is 30.1 Å². The van der Waals surface area contributed by atoms with Gasteiger partial charge in [0.25, 0.3) is 5.91 Å². The highest BCUT2D eigenvalue weighted by Crippen LogP contribution is 2.41. The van der Waals surface area contributed by atoms with E-state index in [1.165, 1.54) is 6.42 Å². The molecule has 1 aromatic rings. The number of amidine groups is 1. The Morgan fingerprint density at radius 1 is 1.27 bits per heavy atom. The zero-order chi connectivity index (χ0) is 32.7. The molecule has 1 aliphatic heterocycles. The van der Waals surface area contributed by atoms with Crippen molar-refractivity contribution in [2.45, 2.75) is 116 Å². The van der Waals surface area contributed by atoms with Gasteiger partial charge >= 0.3 is 11.9 Å². The molecular weight excluding hydrogens is 570 g/mol. The van der Waals surface area contributed by atoms with E-state index in [-0.39, 0.29) is 30.2 Å². The van der Waals surface area contributed by atoms with Gasteiger partial charge in [-0.05, 0) is 64.5 Å². The van der Waals surface area contributed by atoms with E-state index in [1.54, 1.807) is 53.7 Å². The van der Waals surface area contributed by atoms with Gasteiger partial charge < -0.3 is 40.1 Å². The molecule has 0 aromatic carbocycles. The highest BCUT2D eigenvalue weighted by molar-refractivity contribution is 6.10. The number of nitrogens with zero attached hydrogens (tertiary/aromatic N) is 1. The van der Waals surface area contributed by atoms with Crippen LogP contribution in [0.5, 0.6) is 0 Å². The second kappa shape index (κ2) is 15.2. The number of hydrogen-bond donors (Lipinski definition) is 5. The van der Waals surface area contributed by atoms with Crippen molar-refractivity contribution in [3.63, 3.8) is 0 Å². The van der Waals surface area contributed by atoms with E-state index < -0.39 is 47.4 Å². The fourth-order valence-corrected chi connectivity index (χ4v) is 5.55. The maximum Gasteiger partial charge on any atom is 0.323 e. The maximum absolute atomic E-state index is 12.9. The summed E-state index contributed by atoms with van der Waals surface area (Å²) < 4.78 is 23.1. The summed E-state index contributed by atoms with van der Waals surface area (Å²) in [6, 6.07) is 2.32. The molecule has 2 aliphatic rings. The van der Waals surface area contributed by atoms with E-state index in [0.29, 0.717) is 24.4 Å². The minimum atomic E-state index is -1.45. The van der Waals surface area contributed by atoms with Crippen molar-refractivity contribution < 1.29 is 38.4 Å². The predicted molar refractivity (Wildman–Crippen MR) is 163 cm³/mol. The molecule has 2 fully saturated rings. The molecule has 1 aliphatic carbocycles. The largest absolute Gasteiger partial charge is 0.463 e. The molecule has 0 unspecified atom stereocenters. The summed E-state index contributed by atoms with van der Waals surface area (Å²) in [6.45, 7) is 10.3. The number of aromatic nitrogens is 1. The number of carbonyl (C=O) groups excluding carboxylic acids is 3. The molecule has 246 valence electrons. The number of H-pyrrole nitrogens is 1. The molecule has 0 bridgehead atoms. The number of nitrogens with one attached hydrogen (secondary N) is 3. The number of rotatable bonds is 13. The summed E-state index contributed by atoms with van der Waals surface area (Å²) in [6.07, 6.45) is 2.89. The van der Waals surface area contributed by atoms with Gasteiger partial charge in [-0.2, -0.15) is 0 Å². The first-order chi connectivity index (χ1) is 20.7. The molecule has 44 heavy (non-hydrogen) atoms. The Morgan fingerprint density at radius 3 is 2.57 bits per heavy atom. The molecule has 5 atom stereocenters. The van der Waals surface area contributed by atoms with Gasteiger partial charge in [0.15, 0.2) is 11.9 Å². The second-order valence-electron chi connectivity index (χ2n) is 12.6. The third-order valence-corrected chi connectivity index (χ3v) is 8.42. The lowest BCUT2D eigenvalue weighted by Crippen LogP contribution is -2.47. The lowest BCUT2D eigenvalue weighted by atomic mass is 9.87. The number of aliphatic hydroxyl groups excluding tert-OH is 1. The maximum atomic E-state index is 12.9. The normalized spacial score (nSPS) is 25.5. The van der Waals surface area contributed by atoms with Crippen LogP contribution in [0, 0.1) is 17.2 Å². The fourth-order valence-electron chi connectivity index (χ4n) is 5.55. The lowest BCUT2D eigenvalue weighted by molar-refractivity contribution is -0.162. The third kappa shape index (κ3) is 8.52. The van der Waals surface area contributed by atoms with E-state index in [1.807, 2.05) is 0 Å². The summed E-state index contributed by atoms with van der Waals surface area (Å²) in [7, 11) is 0. The van der Waals surface area contributed by atoms with Gasteiger partial charge in [-0.25, -0.2) is 4.99 Å². The number of ether oxygens (including phenoxy) is 4. The first kappa shape index (κ1) is 35.4.